The van der Waals surface area contributed by atoms with Gasteiger partial charge >= 0.3 is 0 Å². The predicted molar refractivity (Wildman–Crippen MR) is 98.9 cm³/mol. The number of methoxy groups -OCH3 is 1. The quantitative estimate of drug-likeness (QED) is 0.725. The maximum Gasteiger partial charge on any atom is 0.234 e. The van der Waals surface area contributed by atoms with Crippen molar-refractivity contribution in [1.29, 1.82) is 0 Å². The first kappa shape index (κ1) is 19.7. The molecule has 1 fully saturated rings. The molecule has 6 nitrogen and oxygen atoms in total. The van der Waals surface area contributed by atoms with Crippen LogP contribution in [0.15, 0.2) is 24.3 Å². The first-order valence-corrected chi connectivity index (χ1v) is 9.02. The zero-order chi connectivity index (χ0) is 18.2. The van der Waals surface area contributed by atoms with Gasteiger partial charge in [0.25, 0.3) is 0 Å². The molecule has 2 atom stereocenters. The summed E-state index contributed by atoms with van der Waals surface area (Å²) < 4.78 is 5.14. The fraction of sp³-hybridized carbons (Fsp3) is 0.632. The molecule has 1 amide bonds. The van der Waals surface area contributed by atoms with Crippen LogP contribution >= 0.6 is 0 Å². The van der Waals surface area contributed by atoms with E-state index in [1.54, 1.807) is 7.11 Å². The van der Waals surface area contributed by atoms with E-state index in [1.165, 1.54) is 5.56 Å². The number of hydrogen-bond acceptors (Lipinski definition) is 5. The molecule has 0 bridgehead atoms. The molecular formula is C19H31N3O3. The third-order valence-corrected chi connectivity index (χ3v) is 4.80. The van der Waals surface area contributed by atoms with Gasteiger partial charge in [-0.25, -0.2) is 0 Å². The molecule has 2 rings (SSSR count). The normalized spacial score (nSPS) is 21.9. The first-order valence-electron chi connectivity index (χ1n) is 9.02. The van der Waals surface area contributed by atoms with Crippen molar-refractivity contribution in [3.8, 4) is 5.75 Å². The van der Waals surface area contributed by atoms with Gasteiger partial charge in [0.05, 0.1) is 20.3 Å². The zero-order valence-corrected chi connectivity index (χ0v) is 15.6. The molecule has 1 aromatic carbocycles. The van der Waals surface area contributed by atoms with Gasteiger partial charge in [0.1, 0.15) is 5.75 Å². The number of carbonyl (C=O) groups is 1. The van der Waals surface area contributed by atoms with Crippen LogP contribution in [0.4, 0.5) is 0 Å². The third-order valence-electron chi connectivity index (χ3n) is 4.80. The maximum atomic E-state index is 12.2. The number of carbonyl (C=O) groups excluding carboxylic acids is 1. The molecule has 6 heteroatoms. The minimum absolute atomic E-state index is 0.0727. The van der Waals surface area contributed by atoms with Gasteiger partial charge in [-0.3, -0.25) is 14.6 Å². The maximum absolute atomic E-state index is 12.2. The molecule has 0 saturated carbocycles. The Balaban J connectivity index is 1.71. The molecule has 140 valence electrons. The Labute approximate surface area is 150 Å². The van der Waals surface area contributed by atoms with Crippen molar-refractivity contribution >= 4 is 5.91 Å². The number of ether oxygens (including phenoxy) is 1. The fourth-order valence-electron chi connectivity index (χ4n) is 3.55. The molecule has 1 saturated heterocycles. The van der Waals surface area contributed by atoms with Crippen LogP contribution in [0.3, 0.4) is 0 Å². The number of β-amino-alcohol motifs (C(OH)–C–C–N with tert-alkyl or cyclic N) is 1. The number of amides is 1. The van der Waals surface area contributed by atoms with Crippen LogP contribution in [0.5, 0.6) is 5.75 Å². The Morgan fingerprint density at radius 3 is 2.44 bits per heavy atom. The molecule has 0 spiro atoms. The van der Waals surface area contributed by atoms with Crippen LogP contribution in [0.25, 0.3) is 0 Å². The molecule has 0 radical (unpaired) electrons. The number of hydrogen-bond donors (Lipinski definition) is 2. The summed E-state index contributed by atoms with van der Waals surface area (Å²) in [6.45, 7) is 7.97. The summed E-state index contributed by atoms with van der Waals surface area (Å²) in [5.74, 6) is 0.917. The van der Waals surface area contributed by atoms with Gasteiger partial charge in [-0.1, -0.05) is 12.1 Å². The lowest BCUT2D eigenvalue weighted by Crippen LogP contribution is -2.58. The fourth-order valence-corrected chi connectivity index (χ4v) is 3.55. The molecule has 0 unspecified atom stereocenters. The van der Waals surface area contributed by atoms with E-state index in [0.29, 0.717) is 31.7 Å². The number of nitrogens with zero attached hydrogens (tertiary/aromatic N) is 2. The second-order valence-electron chi connectivity index (χ2n) is 6.80. The summed E-state index contributed by atoms with van der Waals surface area (Å²) in [6, 6.07) is 8.62. The second kappa shape index (κ2) is 9.75. The molecule has 0 aromatic heterocycles. The lowest BCUT2D eigenvalue weighted by atomic mass is 10.1. The Morgan fingerprint density at radius 1 is 1.24 bits per heavy atom. The molecule has 1 aliphatic heterocycles. The number of aliphatic hydroxyl groups is 1. The summed E-state index contributed by atoms with van der Waals surface area (Å²) in [6.07, 6.45) is 0.812. The van der Waals surface area contributed by atoms with Crippen LogP contribution in [0, 0.1) is 0 Å². The predicted octanol–water partition coefficient (Wildman–Crippen LogP) is 0.741. The molecule has 1 aromatic rings. The summed E-state index contributed by atoms with van der Waals surface area (Å²) in [5, 5.41) is 12.2. The van der Waals surface area contributed by atoms with E-state index >= 15 is 0 Å². The van der Waals surface area contributed by atoms with Crippen molar-refractivity contribution in [3.63, 3.8) is 0 Å². The van der Waals surface area contributed by atoms with E-state index in [0.717, 1.165) is 25.3 Å². The average Bonchev–Trinajstić information content (AvgIpc) is 2.59. The molecule has 1 aliphatic rings. The van der Waals surface area contributed by atoms with Gasteiger partial charge in [-0.2, -0.15) is 0 Å². The van der Waals surface area contributed by atoms with Crippen LogP contribution in [0.2, 0.25) is 0 Å². The van der Waals surface area contributed by atoms with Crippen molar-refractivity contribution in [3.05, 3.63) is 29.8 Å². The smallest absolute Gasteiger partial charge is 0.234 e. The SMILES string of the molecule is COc1ccc(CCNC(=O)CN2C[C@@H](C)N(CCO)[C@@H](C)C2)cc1. The molecule has 1 heterocycles. The summed E-state index contributed by atoms with van der Waals surface area (Å²) >= 11 is 0. The van der Waals surface area contributed by atoms with Gasteiger partial charge in [-0.15, -0.1) is 0 Å². The van der Waals surface area contributed by atoms with E-state index < -0.39 is 0 Å². The van der Waals surface area contributed by atoms with Crippen LogP contribution in [-0.4, -0.2) is 79.3 Å². The lowest BCUT2D eigenvalue weighted by molar-refractivity contribution is -0.123. The van der Waals surface area contributed by atoms with Crippen molar-refractivity contribution in [2.45, 2.75) is 32.4 Å². The highest BCUT2D eigenvalue weighted by Crippen LogP contribution is 2.15. The van der Waals surface area contributed by atoms with Crippen LogP contribution < -0.4 is 10.1 Å². The van der Waals surface area contributed by atoms with E-state index in [-0.39, 0.29) is 12.5 Å². The largest absolute Gasteiger partial charge is 0.497 e. The van der Waals surface area contributed by atoms with Crippen LogP contribution in [-0.2, 0) is 11.2 Å². The van der Waals surface area contributed by atoms with Crippen molar-refractivity contribution in [1.82, 2.24) is 15.1 Å². The lowest BCUT2D eigenvalue weighted by Gasteiger charge is -2.44. The molecular weight excluding hydrogens is 318 g/mol. The minimum atomic E-state index is 0.0727. The highest BCUT2D eigenvalue weighted by molar-refractivity contribution is 5.78. The number of benzene rings is 1. The highest BCUT2D eigenvalue weighted by Gasteiger charge is 2.29. The number of rotatable bonds is 8. The first-order chi connectivity index (χ1) is 12.0. The number of piperazine rings is 1. The van der Waals surface area contributed by atoms with Crippen molar-refractivity contribution in [2.75, 3.05) is 46.4 Å². The van der Waals surface area contributed by atoms with E-state index in [4.69, 9.17) is 9.84 Å². The summed E-state index contributed by atoms with van der Waals surface area (Å²) in [5.41, 5.74) is 1.18. The summed E-state index contributed by atoms with van der Waals surface area (Å²) in [4.78, 5) is 16.7. The Hall–Kier alpha value is -1.63. The minimum Gasteiger partial charge on any atom is -0.497 e. The van der Waals surface area contributed by atoms with Crippen LogP contribution in [0.1, 0.15) is 19.4 Å². The van der Waals surface area contributed by atoms with E-state index in [1.807, 2.05) is 24.3 Å². The zero-order valence-electron chi connectivity index (χ0n) is 15.6. The van der Waals surface area contributed by atoms with Gasteiger partial charge in [0, 0.05) is 38.3 Å². The third kappa shape index (κ3) is 5.99. The molecule has 25 heavy (non-hydrogen) atoms. The number of nitrogens with one attached hydrogen (secondary N) is 1. The Morgan fingerprint density at radius 2 is 1.88 bits per heavy atom. The topological polar surface area (TPSA) is 65.0 Å². The van der Waals surface area contributed by atoms with E-state index in [2.05, 4.69) is 29.0 Å². The standard InChI is InChI=1S/C19H31N3O3/c1-15-12-21(13-16(2)22(15)10-11-23)14-19(24)20-9-8-17-4-6-18(25-3)7-5-17/h4-7,15-16,23H,8-14H2,1-3H3,(H,20,24)/t15-,16+. The van der Waals surface area contributed by atoms with Gasteiger partial charge in [0.15, 0.2) is 0 Å². The monoisotopic (exact) mass is 349 g/mol. The molecule has 0 aliphatic carbocycles. The average molecular weight is 349 g/mol. The number of aliphatic hydroxyl groups excluding tert-OH is 1. The van der Waals surface area contributed by atoms with Crippen molar-refractivity contribution < 1.29 is 14.6 Å². The van der Waals surface area contributed by atoms with Gasteiger partial charge in [0.2, 0.25) is 5.91 Å². The Kier molecular flexibility index (Phi) is 7.68. The Bertz CT molecular complexity index is 523. The summed E-state index contributed by atoms with van der Waals surface area (Å²) in [7, 11) is 1.65. The highest BCUT2D eigenvalue weighted by atomic mass is 16.5. The molecule has 2 N–H and O–H groups in total. The van der Waals surface area contributed by atoms with Gasteiger partial charge < -0.3 is 15.2 Å². The van der Waals surface area contributed by atoms with Gasteiger partial charge in [-0.05, 0) is 38.0 Å². The van der Waals surface area contributed by atoms with E-state index in [9.17, 15) is 4.79 Å². The second-order valence-corrected chi connectivity index (χ2v) is 6.80. The van der Waals surface area contributed by atoms with Crippen molar-refractivity contribution in [2.24, 2.45) is 0 Å².